The minimum atomic E-state index is -0.162. The minimum absolute atomic E-state index is 0.0996. The molecule has 2 atom stereocenters. The lowest BCUT2D eigenvalue weighted by Crippen LogP contribution is -2.18. The van der Waals surface area contributed by atoms with Gasteiger partial charge in [0.05, 0.1) is 54.3 Å². The van der Waals surface area contributed by atoms with Crippen LogP contribution in [0.3, 0.4) is 0 Å². The van der Waals surface area contributed by atoms with Gasteiger partial charge in [-0.25, -0.2) is 14.6 Å². The Kier molecular flexibility index (Phi) is 8.74. The average molecular weight is 546 g/mol. The molecule has 5 rings (SSSR count). The highest BCUT2D eigenvalue weighted by molar-refractivity contribution is 5.68. The molecule has 9 heteroatoms. The quantitative estimate of drug-likeness (QED) is 0.222. The minimum Gasteiger partial charge on any atom is -0.382 e. The number of pyridine rings is 1. The summed E-state index contributed by atoms with van der Waals surface area (Å²) in [6.07, 6.45) is 7.42. The predicted octanol–water partition coefficient (Wildman–Crippen LogP) is 5.33. The fourth-order valence-corrected chi connectivity index (χ4v) is 4.38. The fourth-order valence-electron chi connectivity index (χ4n) is 4.38. The first-order valence-corrected chi connectivity index (χ1v) is 13.2. The maximum Gasteiger partial charge on any atom is 0.224 e. The molecule has 2 unspecified atom stereocenters. The van der Waals surface area contributed by atoms with Gasteiger partial charge in [0.1, 0.15) is 5.69 Å². The van der Waals surface area contributed by atoms with Gasteiger partial charge in [-0.15, -0.1) is 11.5 Å². The monoisotopic (exact) mass is 545 g/mol. The Morgan fingerprint density at radius 2 is 1.71 bits per heavy atom. The molecule has 3 aromatic heterocycles. The van der Waals surface area contributed by atoms with E-state index in [9.17, 15) is 0 Å². The summed E-state index contributed by atoms with van der Waals surface area (Å²) in [5.74, 6) is 3.13. The molecule has 0 aliphatic carbocycles. The number of methoxy groups -OCH3 is 2. The van der Waals surface area contributed by atoms with E-state index < -0.39 is 0 Å². The van der Waals surface area contributed by atoms with Crippen LogP contribution in [0.4, 0.5) is 5.95 Å². The molecule has 0 radical (unpaired) electrons. The molecule has 41 heavy (non-hydrogen) atoms. The molecule has 0 bridgehead atoms. The van der Waals surface area contributed by atoms with Crippen molar-refractivity contribution in [2.45, 2.75) is 25.6 Å². The van der Waals surface area contributed by atoms with Crippen LogP contribution in [0.15, 0.2) is 85.1 Å². The molecule has 2 aromatic carbocycles. The fraction of sp³-hybridized carbons (Fsp3) is 0.219. The number of nitrogens with one attached hydrogen (secondary N) is 1. The summed E-state index contributed by atoms with van der Waals surface area (Å²) in [6.45, 7) is 2.85. The topological polar surface area (TPSA) is 99.9 Å². The van der Waals surface area contributed by atoms with Crippen LogP contribution in [0.2, 0.25) is 0 Å². The van der Waals surface area contributed by atoms with Gasteiger partial charge in [0.15, 0.2) is 0 Å². The van der Waals surface area contributed by atoms with Crippen molar-refractivity contribution in [3.63, 3.8) is 0 Å². The molecule has 0 saturated heterocycles. The van der Waals surface area contributed by atoms with Crippen LogP contribution in [0.5, 0.6) is 0 Å². The van der Waals surface area contributed by atoms with E-state index in [1.54, 1.807) is 18.9 Å². The Hall–Kier alpha value is -4.91. The van der Waals surface area contributed by atoms with Gasteiger partial charge in [0, 0.05) is 25.3 Å². The van der Waals surface area contributed by atoms with E-state index in [1.165, 1.54) is 0 Å². The number of hydrogen-bond donors (Lipinski definition) is 1. The molecule has 9 nitrogen and oxygen atoms in total. The summed E-state index contributed by atoms with van der Waals surface area (Å²) < 4.78 is 12.7. The van der Waals surface area contributed by atoms with E-state index >= 15 is 0 Å². The van der Waals surface area contributed by atoms with Crippen LogP contribution in [-0.2, 0) is 16.0 Å². The summed E-state index contributed by atoms with van der Waals surface area (Å²) in [5.41, 5.74) is 6.34. The highest BCUT2D eigenvalue weighted by Gasteiger charge is 2.17. The first-order valence-electron chi connectivity index (χ1n) is 13.2. The van der Waals surface area contributed by atoms with Crippen molar-refractivity contribution in [3.8, 4) is 35.0 Å². The standard InChI is InChI=1S/C32H31N7O2/c1-5-23-11-9-14-25(17-23)28-18-29(35-32(34-28)36-31(21-40-3)24-12-7-6-8-13-24)30-20-39(38-37-30)19-26-15-10-16-27(33-26)22(2)41-4/h1,6-18,20,22,31H,19,21H2,2-4H3,(H,34,35,36). The molecule has 0 aliphatic heterocycles. The number of hydrogen-bond acceptors (Lipinski definition) is 8. The molecule has 0 saturated carbocycles. The Bertz CT molecular complexity index is 1650. The molecule has 3 heterocycles. The Morgan fingerprint density at radius 1 is 0.902 bits per heavy atom. The smallest absolute Gasteiger partial charge is 0.224 e. The molecule has 206 valence electrons. The number of ether oxygens (including phenoxy) is 2. The number of anilines is 1. The number of nitrogens with zero attached hydrogens (tertiary/aromatic N) is 6. The third kappa shape index (κ3) is 6.81. The van der Waals surface area contributed by atoms with Crippen molar-refractivity contribution >= 4 is 5.95 Å². The summed E-state index contributed by atoms with van der Waals surface area (Å²) in [5, 5.41) is 12.2. The zero-order valence-corrected chi connectivity index (χ0v) is 23.2. The van der Waals surface area contributed by atoms with Crippen molar-refractivity contribution in [2.75, 3.05) is 26.1 Å². The number of aromatic nitrogens is 6. The maximum atomic E-state index is 5.67. The maximum absolute atomic E-state index is 5.67. The summed E-state index contributed by atoms with van der Waals surface area (Å²) in [4.78, 5) is 14.4. The van der Waals surface area contributed by atoms with E-state index in [1.807, 2.05) is 92.0 Å². The Balaban J connectivity index is 1.50. The highest BCUT2D eigenvalue weighted by Crippen LogP contribution is 2.27. The largest absolute Gasteiger partial charge is 0.382 e. The van der Waals surface area contributed by atoms with Crippen LogP contribution >= 0.6 is 0 Å². The molecule has 0 aliphatic rings. The summed E-state index contributed by atoms with van der Waals surface area (Å²) >= 11 is 0. The van der Waals surface area contributed by atoms with Gasteiger partial charge in [-0.3, -0.25) is 4.98 Å². The van der Waals surface area contributed by atoms with E-state index in [0.29, 0.717) is 36.2 Å². The molecular weight excluding hydrogens is 514 g/mol. The van der Waals surface area contributed by atoms with Crippen molar-refractivity contribution in [1.29, 1.82) is 0 Å². The third-order valence-corrected chi connectivity index (χ3v) is 6.61. The zero-order valence-electron chi connectivity index (χ0n) is 23.2. The van der Waals surface area contributed by atoms with Gasteiger partial charge in [-0.2, -0.15) is 0 Å². The molecule has 5 aromatic rings. The average Bonchev–Trinajstić information content (AvgIpc) is 3.49. The van der Waals surface area contributed by atoms with Crippen molar-refractivity contribution < 1.29 is 9.47 Å². The van der Waals surface area contributed by atoms with E-state index in [0.717, 1.165) is 28.1 Å². The molecular formula is C32H31N7O2. The second kappa shape index (κ2) is 13.0. The van der Waals surface area contributed by atoms with E-state index in [4.69, 9.17) is 30.8 Å². The summed E-state index contributed by atoms with van der Waals surface area (Å²) in [6, 6.07) is 25.3. The van der Waals surface area contributed by atoms with Crippen LogP contribution in [0, 0.1) is 12.3 Å². The van der Waals surface area contributed by atoms with Crippen molar-refractivity contribution in [1.82, 2.24) is 29.9 Å². The Morgan fingerprint density at radius 3 is 2.49 bits per heavy atom. The molecule has 0 spiro atoms. The van der Waals surface area contributed by atoms with Crippen LogP contribution in [0.1, 0.15) is 41.6 Å². The molecule has 1 N–H and O–H groups in total. The highest BCUT2D eigenvalue weighted by atomic mass is 16.5. The first kappa shape index (κ1) is 27.6. The first-order chi connectivity index (χ1) is 20.1. The SMILES string of the molecule is C#Cc1cccc(-c2cc(-c3cn(Cc4cccc(C(C)OC)n4)nn3)nc(NC(COC)c3ccccc3)n2)c1. The third-order valence-electron chi connectivity index (χ3n) is 6.61. The second-order valence-corrected chi connectivity index (χ2v) is 9.48. The molecule has 0 amide bonds. The van der Waals surface area contributed by atoms with Gasteiger partial charge in [-0.05, 0) is 42.8 Å². The van der Waals surface area contributed by atoms with Gasteiger partial charge < -0.3 is 14.8 Å². The normalized spacial score (nSPS) is 12.4. The number of benzene rings is 2. The number of terminal acetylenes is 1. The van der Waals surface area contributed by atoms with Crippen LogP contribution in [0.25, 0.3) is 22.6 Å². The summed E-state index contributed by atoms with van der Waals surface area (Å²) in [7, 11) is 3.34. The lowest BCUT2D eigenvalue weighted by Gasteiger charge is -2.19. The predicted molar refractivity (Wildman–Crippen MR) is 158 cm³/mol. The van der Waals surface area contributed by atoms with Crippen LogP contribution < -0.4 is 5.32 Å². The van der Waals surface area contributed by atoms with Crippen molar-refractivity contribution in [3.05, 3.63) is 108 Å². The van der Waals surface area contributed by atoms with E-state index in [2.05, 4.69) is 21.5 Å². The van der Waals surface area contributed by atoms with Gasteiger partial charge in [-0.1, -0.05) is 59.7 Å². The lowest BCUT2D eigenvalue weighted by atomic mass is 10.1. The van der Waals surface area contributed by atoms with Crippen LogP contribution in [-0.4, -0.2) is 50.8 Å². The second-order valence-electron chi connectivity index (χ2n) is 9.48. The van der Waals surface area contributed by atoms with Gasteiger partial charge in [0.2, 0.25) is 5.95 Å². The van der Waals surface area contributed by atoms with E-state index in [-0.39, 0.29) is 12.1 Å². The molecule has 0 fully saturated rings. The number of rotatable bonds is 11. The van der Waals surface area contributed by atoms with Gasteiger partial charge >= 0.3 is 0 Å². The Labute approximate surface area is 239 Å². The lowest BCUT2D eigenvalue weighted by molar-refractivity contribution is 0.116. The van der Waals surface area contributed by atoms with Crippen molar-refractivity contribution in [2.24, 2.45) is 0 Å². The van der Waals surface area contributed by atoms with Gasteiger partial charge in [0.25, 0.3) is 0 Å². The zero-order chi connectivity index (χ0) is 28.6.